The Balaban J connectivity index is 2.00. The number of nitrogens with zero attached hydrogens (tertiary/aromatic N) is 1. The number of carbonyl (C=O) groups excluding carboxylic acids is 1. The van der Waals surface area contributed by atoms with Crippen molar-refractivity contribution < 1.29 is 14.6 Å². The second-order valence-electron chi connectivity index (χ2n) is 6.03. The zero-order valence-corrected chi connectivity index (χ0v) is 16.7. The molecule has 0 unspecified atom stereocenters. The highest BCUT2D eigenvalue weighted by Gasteiger charge is 2.34. The number of anilines is 1. The van der Waals surface area contributed by atoms with Crippen LogP contribution in [0.1, 0.15) is 16.7 Å². The van der Waals surface area contributed by atoms with Crippen molar-refractivity contribution in [1.29, 1.82) is 0 Å². The third kappa shape index (κ3) is 3.77. The van der Waals surface area contributed by atoms with Crippen LogP contribution in [0.4, 0.5) is 5.69 Å². The number of ether oxygens (including phenoxy) is 1. The maximum absolute atomic E-state index is 13.0. The number of phenols is 1. The number of amides is 1. The normalized spacial score (nSPS) is 15.5. The van der Waals surface area contributed by atoms with E-state index in [0.717, 1.165) is 16.8 Å². The van der Waals surface area contributed by atoms with Crippen molar-refractivity contribution in [2.75, 3.05) is 12.0 Å². The van der Waals surface area contributed by atoms with E-state index in [0.29, 0.717) is 27.0 Å². The minimum Gasteiger partial charge on any atom is -0.504 e. The third-order valence-corrected chi connectivity index (χ3v) is 5.51. The van der Waals surface area contributed by atoms with Crippen LogP contribution in [0.15, 0.2) is 54.0 Å². The molecule has 27 heavy (non-hydrogen) atoms. The molecule has 1 aliphatic heterocycles. The molecule has 0 atom stereocenters. The summed E-state index contributed by atoms with van der Waals surface area (Å²) in [7, 11) is 1.49. The molecule has 1 amide bonds. The Labute approximate surface area is 168 Å². The monoisotopic (exact) mass is 397 g/mol. The van der Waals surface area contributed by atoms with E-state index < -0.39 is 0 Å². The number of hydrogen-bond acceptors (Lipinski definition) is 5. The number of aryl methyl sites for hydroxylation is 1. The molecule has 1 aliphatic rings. The highest BCUT2D eigenvalue weighted by molar-refractivity contribution is 8.27. The molecule has 1 N–H and O–H groups in total. The van der Waals surface area contributed by atoms with Gasteiger partial charge in [-0.15, -0.1) is 6.58 Å². The Bertz CT molecular complexity index is 966. The molecule has 0 saturated carbocycles. The van der Waals surface area contributed by atoms with Gasteiger partial charge in [0.1, 0.15) is 0 Å². The molecule has 0 aromatic heterocycles. The van der Waals surface area contributed by atoms with Crippen LogP contribution >= 0.6 is 24.0 Å². The summed E-state index contributed by atoms with van der Waals surface area (Å²) in [5, 5.41) is 10.2. The fraction of sp³-hybridized carbons (Fsp3) is 0.143. The summed E-state index contributed by atoms with van der Waals surface area (Å²) in [6.45, 7) is 5.66. The van der Waals surface area contributed by atoms with Crippen molar-refractivity contribution in [3.63, 3.8) is 0 Å². The maximum atomic E-state index is 13.0. The number of phenolic OH excluding ortho intramolecular Hbond substituents is 1. The first-order valence-electron chi connectivity index (χ1n) is 8.30. The molecule has 138 valence electrons. The molecule has 0 bridgehead atoms. The zero-order valence-electron chi connectivity index (χ0n) is 15.1. The fourth-order valence-corrected chi connectivity index (χ4v) is 4.17. The molecule has 4 nitrogen and oxygen atoms in total. The number of thiocarbonyl (C=S) groups is 1. The van der Waals surface area contributed by atoms with E-state index in [-0.39, 0.29) is 11.7 Å². The number of aromatic hydroxyl groups is 1. The predicted molar refractivity (Wildman–Crippen MR) is 115 cm³/mol. The molecule has 3 rings (SSSR count). The van der Waals surface area contributed by atoms with Crippen molar-refractivity contribution in [3.8, 4) is 11.5 Å². The molecular weight excluding hydrogens is 378 g/mol. The standard InChI is InChI=1S/C21H19NO3S2/c1-4-7-15-10-14(11-17(25-3)19(15)23)12-18-20(24)22(21(26)27-18)16-9-6-5-8-13(16)2/h4-6,8-12,23H,1,7H2,2-3H3/b18-12+. The van der Waals surface area contributed by atoms with Gasteiger partial charge in [0.2, 0.25) is 0 Å². The Morgan fingerprint density at radius 3 is 2.74 bits per heavy atom. The predicted octanol–water partition coefficient (Wildman–Crippen LogP) is 4.84. The van der Waals surface area contributed by atoms with Crippen LogP contribution in [0.3, 0.4) is 0 Å². The summed E-state index contributed by atoms with van der Waals surface area (Å²) < 4.78 is 5.75. The van der Waals surface area contributed by atoms with E-state index in [9.17, 15) is 9.90 Å². The summed E-state index contributed by atoms with van der Waals surface area (Å²) in [5.74, 6) is 0.286. The molecule has 1 fully saturated rings. The van der Waals surface area contributed by atoms with Crippen molar-refractivity contribution in [1.82, 2.24) is 0 Å². The topological polar surface area (TPSA) is 49.8 Å². The van der Waals surface area contributed by atoms with Gasteiger partial charge in [0.15, 0.2) is 15.8 Å². The lowest BCUT2D eigenvalue weighted by molar-refractivity contribution is -0.113. The fourth-order valence-electron chi connectivity index (χ4n) is 2.88. The van der Waals surface area contributed by atoms with Gasteiger partial charge in [-0.1, -0.05) is 48.3 Å². The molecule has 2 aromatic carbocycles. The zero-order chi connectivity index (χ0) is 19.6. The lowest BCUT2D eigenvalue weighted by Crippen LogP contribution is -2.28. The molecule has 0 radical (unpaired) electrons. The minimum atomic E-state index is -0.156. The number of benzene rings is 2. The van der Waals surface area contributed by atoms with E-state index >= 15 is 0 Å². The van der Waals surface area contributed by atoms with E-state index in [1.54, 1.807) is 23.1 Å². The Morgan fingerprint density at radius 2 is 2.07 bits per heavy atom. The number of rotatable bonds is 5. The summed E-state index contributed by atoms with van der Waals surface area (Å²) in [6, 6.07) is 11.2. The number of methoxy groups -OCH3 is 1. The van der Waals surface area contributed by atoms with Crippen LogP contribution in [0, 0.1) is 6.92 Å². The van der Waals surface area contributed by atoms with Crippen LogP contribution in [0.25, 0.3) is 6.08 Å². The molecule has 1 saturated heterocycles. The van der Waals surface area contributed by atoms with Crippen LogP contribution in [-0.2, 0) is 11.2 Å². The SMILES string of the molecule is C=CCc1cc(/C=C2/SC(=S)N(c3ccccc3C)C2=O)cc(OC)c1O. The van der Waals surface area contributed by atoms with Crippen molar-refractivity contribution in [2.45, 2.75) is 13.3 Å². The average Bonchev–Trinajstić information content (AvgIpc) is 2.92. The number of allylic oxidation sites excluding steroid dienone is 1. The number of para-hydroxylation sites is 1. The second kappa shape index (κ2) is 7.98. The minimum absolute atomic E-state index is 0.0852. The number of carbonyl (C=O) groups is 1. The largest absolute Gasteiger partial charge is 0.504 e. The van der Waals surface area contributed by atoms with Gasteiger partial charge in [-0.2, -0.15) is 0 Å². The second-order valence-corrected chi connectivity index (χ2v) is 7.70. The van der Waals surface area contributed by atoms with Gasteiger partial charge in [0.05, 0.1) is 17.7 Å². The van der Waals surface area contributed by atoms with E-state index in [1.807, 2.05) is 37.3 Å². The average molecular weight is 398 g/mol. The number of thioether (sulfide) groups is 1. The van der Waals surface area contributed by atoms with Gasteiger partial charge >= 0.3 is 0 Å². The lowest BCUT2D eigenvalue weighted by atomic mass is 10.1. The van der Waals surface area contributed by atoms with Gasteiger partial charge < -0.3 is 9.84 Å². The van der Waals surface area contributed by atoms with Crippen molar-refractivity contribution in [2.24, 2.45) is 0 Å². The number of hydrogen-bond donors (Lipinski definition) is 1. The van der Waals surface area contributed by atoms with Crippen LogP contribution in [0.5, 0.6) is 11.5 Å². The first-order chi connectivity index (χ1) is 13.0. The molecule has 0 spiro atoms. The van der Waals surface area contributed by atoms with Crippen LogP contribution in [-0.4, -0.2) is 22.4 Å². The molecular formula is C21H19NO3S2. The van der Waals surface area contributed by atoms with Crippen molar-refractivity contribution >= 4 is 46.0 Å². The first-order valence-corrected chi connectivity index (χ1v) is 9.53. The Morgan fingerprint density at radius 1 is 1.33 bits per heavy atom. The van der Waals surface area contributed by atoms with Gasteiger partial charge in [-0.25, -0.2) is 0 Å². The summed E-state index contributed by atoms with van der Waals surface area (Å²) in [4.78, 5) is 15.0. The smallest absolute Gasteiger partial charge is 0.270 e. The summed E-state index contributed by atoms with van der Waals surface area (Å²) in [6.07, 6.45) is 3.97. The summed E-state index contributed by atoms with van der Waals surface area (Å²) in [5.41, 5.74) is 3.21. The molecule has 1 heterocycles. The van der Waals surface area contributed by atoms with Crippen LogP contribution < -0.4 is 9.64 Å². The highest BCUT2D eigenvalue weighted by Crippen LogP contribution is 2.39. The van der Waals surface area contributed by atoms with E-state index in [1.165, 1.54) is 18.9 Å². The van der Waals surface area contributed by atoms with Crippen molar-refractivity contribution in [3.05, 3.63) is 70.6 Å². The molecule has 0 aliphatic carbocycles. The van der Waals surface area contributed by atoms with E-state index in [2.05, 4.69) is 6.58 Å². The Kier molecular flexibility index (Phi) is 5.68. The van der Waals surface area contributed by atoms with Gasteiger partial charge in [0.25, 0.3) is 5.91 Å². The molecule has 2 aromatic rings. The van der Waals surface area contributed by atoms with E-state index in [4.69, 9.17) is 17.0 Å². The first kappa shape index (κ1) is 19.2. The quantitative estimate of drug-likeness (QED) is 0.444. The van der Waals surface area contributed by atoms with Crippen LogP contribution in [0.2, 0.25) is 0 Å². The Hall–Kier alpha value is -2.57. The maximum Gasteiger partial charge on any atom is 0.270 e. The highest BCUT2D eigenvalue weighted by atomic mass is 32.2. The van der Waals surface area contributed by atoms with Gasteiger partial charge in [0, 0.05) is 5.56 Å². The molecule has 6 heteroatoms. The van der Waals surface area contributed by atoms with Gasteiger partial charge in [-0.3, -0.25) is 9.69 Å². The third-order valence-electron chi connectivity index (χ3n) is 4.21. The lowest BCUT2D eigenvalue weighted by Gasteiger charge is -2.16. The summed E-state index contributed by atoms with van der Waals surface area (Å²) >= 11 is 6.70. The van der Waals surface area contributed by atoms with Gasteiger partial charge in [-0.05, 0) is 48.7 Å².